The molecule has 0 bridgehead atoms. The van der Waals surface area contributed by atoms with E-state index in [4.69, 9.17) is 0 Å². The molecule has 3 heterocycles. The lowest BCUT2D eigenvalue weighted by molar-refractivity contribution is -0.129. The molecule has 1 aromatic heterocycles. The Morgan fingerprint density at radius 1 is 1.21 bits per heavy atom. The summed E-state index contributed by atoms with van der Waals surface area (Å²) < 4.78 is 0. The van der Waals surface area contributed by atoms with Gasteiger partial charge in [0.05, 0.1) is 5.92 Å². The zero-order valence-corrected chi connectivity index (χ0v) is 18.0. The highest BCUT2D eigenvalue weighted by molar-refractivity contribution is 5.79. The average Bonchev–Trinajstić information content (AvgIpc) is 2.75. The van der Waals surface area contributed by atoms with Crippen molar-refractivity contribution in [2.45, 2.75) is 77.4 Å². The predicted octanol–water partition coefficient (Wildman–Crippen LogP) is 3.45. The lowest BCUT2D eigenvalue weighted by atomic mass is 9.90. The third-order valence-electron chi connectivity index (χ3n) is 7.01. The van der Waals surface area contributed by atoms with Crippen LogP contribution in [0, 0.1) is 5.92 Å². The minimum Gasteiger partial charge on any atom is -0.351 e. The molecule has 2 aliphatic heterocycles. The Kier molecular flexibility index (Phi) is 7.47. The van der Waals surface area contributed by atoms with Crippen molar-refractivity contribution in [3.63, 3.8) is 0 Å². The summed E-state index contributed by atoms with van der Waals surface area (Å²) >= 11 is 0. The van der Waals surface area contributed by atoms with Gasteiger partial charge in [-0.05, 0) is 76.7 Å². The van der Waals surface area contributed by atoms with Crippen molar-refractivity contribution >= 4 is 5.91 Å². The lowest BCUT2D eigenvalue weighted by Gasteiger charge is -2.42. The molecule has 0 aliphatic carbocycles. The van der Waals surface area contributed by atoms with E-state index in [0.29, 0.717) is 6.04 Å². The first-order valence-corrected chi connectivity index (χ1v) is 11.2. The monoisotopic (exact) mass is 386 g/mol. The average molecular weight is 387 g/mol. The van der Waals surface area contributed by atoms with E-state index in [1.54, 1.807) is 0 Å². The maximum absolute atomic E-state index is 12.9. The Bertz CT molecular complexity index is 608. The van der Waals surface area contributed by atoms with Crippen LogP contribution in [-0.4, -0.2) is 58.5 Å². The minimum atomic E-state index is -0.0585. The first kappa shape index (κ1) is 21.3. The summed E-state index contributed by atoms with van der Waals surface area (Å²) in [6, 6.07) is 4.81. The highest BCUT2D eigenvalue weighted by Gasteiger charge is 2.33. The Balaban J connectivity index is 1.48. The molecular weight excluding hydrogens is 348 g/mol. The number of hydrogen-bond acceptors (Lipinski definition) is 4. The number of carbonyl (C=O) groups is 1. The number of nitrogens with zero attached hydrogens (tertiary/aromatic N) is 3. The van der Waals surface area contributed by atoms with Crippen molar-refractivity contribution in [1.29, 1.82) is 0 Å². The summed E-state index contributed by atoms with van der Waals surface area (Å²) in [7, 11) is 0. The van der Waals surface area contributed by atoms with Gasteiger partial charge in [-0.1, -0.05) is 19.9 Å². The second kappa shape index (κ2) is 9.84. The van der Waals surface area contributed by atoms with E-state index in [1.165, 1.54) is 18.4 Å². The molecule has 2 aliphatic rings. The number of likely N-dealkylation sites (tertiary alicyclic amines) is 2. The first-order valence-electron chi connectivity index (χ1n) is 11.2. The number of rotatable bonds is 7. The normalized spacial score (nSPS) is 22.9. The molecule has 3 rings (SSSR count). The summed E-state index contributed by atoms with van der Waals surface area (Å²) in [5.41, 5.74) is 1.24. The van der Waals surface area contributed by atoms with Crippen LogP contribution in [0.1, 0.15) is 64.9 Å². The summed E-state index contributed by atoms with van der Waals surface area (Å²) in [6.07, 6.45) is 10.4. The minimum absolute atomic E-state index is 0.0585. The van der Waals surface area contributed by atoms with Crippen molar-refractivity contribution in [3.05, 3.63) is 30.1 Å². The quantitative estimate of drug-likeness (QED) is 0.780. The molecule has 1 atom stereocenters. The van der Waals surface area contributed by atoms with E-state index in [9.17, 15) is 4.79 Å². The molecule has 0 unspecified atom stereocenters. The summed E-state index contributed by atoms with van der Waals surface area (Å²) in [4.78, 5) is 22.2. The van der Waals surface area contributed by atoms with E-state index >= 15 is 0 Å². The molecule has 156 valence electrons. The standard InChI is InChI=1S/C23H38N4O/c1-4-23(3,5-2)25-22(28)20-9-7-13-27(18-20)21-10-14-26(15-11-21)17-19-8-6-12-24-16-19/h6,8,12,16,20-21H,4-5,7,9-11,13-15,17-18H2,1-3H3,(H,25,28)/t20-/m1/s1. The van der Waals surface area contributed by atoms with E-state index in [0.717, 1.165) is 58.4 Å². The van der Waals surface area contributed by atoms with Crippen LogP contribution < -0.4 is 5.32 Å². The third kappa shape index (κ3) is 5.54. The van der Waals surface area contributed by atoms with E-state index in [-0.39, 0.29) is 17.4 Å². The van der Waals surface area contributed by atoms with Gasteiger partial charge in [0.1, 0.15) is 0 Å². The molecule has 0 saturated carbocycles. The molecule has 2 saturated heterocycles. The zero-order valence-electron chi connectivity index (χ0n) is 18.0. The zero-order chi connectivity index (χ0) is 20.0. The van der Waals surface area contributed by atoms with Gasteiger partial charge in [0.2, 0.25) is 5.91 Å². The smallest absolute Gasteiger partial charge is 0.224 e. The molecule has 5 nitrogen and oxygen atoms in total. The Labute approximate surface area is 170 Å². The second-order valence-corrected chi connectivity index (χ2v) is 8.96. The highest BCUT2D eigenvalue weighted by atomic mass is 16.2. The van der Waals surface area contributed by atoms with Gasteiger partial charge >= 0.3 is 0 Å². The van der Waals surface area contributed by atoms with E-state index in [2.05, 4.69) is 46.9 Å². The number of pyridine rings is 1. The highest BCUT2D eigenvalue weighted by Crippen LogP contribution is 2.25. The summed E-state index contributed by atoms with van der Waals surface area (Å²) in [5, 5.41) is 3.34. The molecular formula is C23H38N4O. The fourth-order valence-corrected chi connectivity index (χ4v) is 4.57. The van der Waals surface area contributed by atoms with Gasteiger partial charge in [0, 0.05) is 37.1 Å². The van der Waals surface area contributed by atoms with Crippen LogP contribution in [-0.2, 0) is 11.3 Å². The molecule has 0 aromatic carbocycles. The Morgan fingerprint density at radius 2 is 1.96 bits per heavy atom. The maximum Gasteiger partial charge on any atom is 0.224 e. The van der Waals surface area contributed by atoms with Crippen molar-refractivity contribution in [2.75, 3.05) is 26.2 Å². The van der Waals surface area contributed by atoms with E-state index in [1.807, 2.05) is 18.5 Å². The predicted molar refractivity (Wildman–Crippen MR) is 114 cm³/mol. The van der Waals surface area contributed by atoms with Crippen LogP contribution in [0.4, 0.5) is 0 Å². The molecule has 0 spiro atoms. The fraction of sp³-hybridized carbons (Fsp3) is 0.739. The lowest BCUT2D eigenvalue weighted by Crippen LogP contribution is -2.53. The Hall–Kier alpha value is -1.46. The van der Waals surface area contributed by atoms with Crippen LogP contribution in [0.5, 0.6) is 0 Å². The SMILES string of the molecule is CCC(C)(CC)NC(=O)[C@@H]1CCCN(C2CCN(Cc3cccnc3)CC2)C1. The van der Waals surface area contributed by atoms with Crippen LogP contribution in [0.2, 0.25) is 0 Å². The topological polar surface area (TPSA) is 48.5 Å². The van der Waals surface area contributed by atoms with Crippen LogP contribution in [0.3, 0.4) is 0 Å². The number of carbonyl (C=O) groups excluding carboxylic acids is 1. The van der Waals surface area contributed by atoms with Crippen molar-refractivity contribution in [2.24, 2.45) is 5.92 Å². The Morgan fingerprint density at radius 3 is 2.61 bits per heavy atom. The van der Waals surface area contributed by atoms with Gasteiger partial charge in [-0.3, -0.25) is 19.6 Å². The molecule has 1 N–H and O–H groups in total. The first-order chi connectivity index (χ1) is 13.5. The van der Waals surface area contributed by atoms with Gasteiger partial charge < -0.3 is 5.32 Å². The molecule has 1 aromatic rings. The second-order valence-electron chi connectivity index (χ2n) is 8.96. The molecule has 0 radical (unpaired) electrons. The third-order valence-corrected chi connectivity index (χ3v) is 7.01. The number of aromatic nitrogens is 1. The fourth-order valence-electron chi connectivity index (χ4n) is 4.57. The largest absolute Gasteiger partial charge is 0.351 e. The van der Waals surface area contributed by atoms with Crippen molar-refractivity contribution in [3.8, 4) is 0 Å². The van der Waals surface area contributed by atoms with Crippen LogP contribution >= 0.6 is 0 Å². The van der Waals surface area contributed by atoms with Gasteiger partial charge in [0.15, 0.2) is 0 Å². The maximum atomic E-state index is 12.9. The summed E-state index contributed by atoms with van der Waals surface area (Å²) in [6.45, 7) is 11.8. The van der Waals surface area contributed by atoms with Gasteiger partial charge in [-0.2, -0.15) is 0 Å². The molecule has 5 heteroatoms. The van der Waals surface area contributed by atoms with E-state index < -0.39 is 0 Å². The molecule has 28 heavy (non-hydrogen) atoms. The number of nitrogens with one attached hydrogen (secondary N) is 1. The molecule has 1 amide bonds. The molecule has 2 fully saturated rings. The number of hydrogen-bond donors (Lipinski definition) is 1. The van der Waals surface area contributed by atoms with Crippen LogP contribution in [0.25, 0.3) is 0 Å². The number of amides is 1. The van der Waals surface area contributed by atoms with Crippen LogP contribution in [0.15, 0.2) is 24.5 Å². The van der Waals surface area contributed by atoms with Gasteiger partial charge in [-0.15, -0.1) is 0 Å². The van der Waals surface area contributed by atoms with Gasteiger partial charge in [0.25, 0.3) is 0 Å². The van der Waals surface area contributed by atoms with Crippen molar-refractivity contribution < 1.29 is 4.79 Å². The summed E-state index contributed by atoms with van der Waals surface area (Å²) in [5.74, 6) is 0.421. The number of piperidine rings is 2. The van der Waals surface area contributed by atoms with Crippen molar-refractivity contribution in [1.82, 2.24) is 20.1 Å². The van der Waals surface area contributed by atoms with Gasteiger partial charge in [-0.25, -0.2) is 0 Å².